The van der Waals surface area contributed by atoms with Crippen LogP contribution in [0.15, 0.2) is 53.5 Å². The number of carbonyl (C=O) groups excluding carboxylic acids is 1. The average Bonchev–Trinajstić information content (AvgIpc) is 2.67. The number of carbonyl (C=O) groups is 1. The summed E-state index contributed by atoms with van der Waals surface area (Å²) in [6.45, 7) is 1.14. The van der Waals surface area contributed by atoms with Crippen molar-refractivity contribution >= 4 is 47.4 Å². The van der Waals surface area contributed by atoms with Crippen molar-refractivity contribution in [1.82, 2.24) is 15.5 Å². The van der Waals surface area contributed by atoms with Gasteiger partial charge in [-0.15, -0.1) is 24.0 Å². The van der Waals surface area contributed by atoms with E-state index < -0.39 is 11.7 Å². The van der Waals surface area contributed by atoms with E-state index in [1.54, 1.807) is 43.3 Å². The van der Waals surface area contributed by atoms with Crippen LogP contribution >= 0.6 is 35.6 Å². The molecule has 0 unspecified atom stereocenters. The van der Waals surface area contributed by atoms with Crippen LogP contribution < -0.4 is 10.6 Å². The molecule has 2 aromatic carbocycles. The molecule has 0 aliphatic heterocycles. The molecule has 1 amide bonds. The number of nitrogens with one attached hydrogen (secondary N) is 2. The molecule has 164 valence electrons. The lowest BCUT2D eigenvalue weighted by Gasteiger charge is -2.22. The fraction of sp³-hybridized carbons (Fsp3) is 0.300. The summed E-state index contributed by atoms with van der Waals surface area (Å²) in [5, 5.41) is 6.24. The molecular weight excluding hydrogens is 532 g/mol. The Morgan fingerprint density at radius 1 is 1.07 bits per heavy atom. The van der Waals surface area contributed by atoms with Gasteiger partial charge in [0.25, 0.3) is 5.91 Å². The van der Waals surface area contributed by atoms with Gasteiger partial charge in [-0.3, -0.25) is 9.79 Å². The lowest BCUT2D eigenvalue weighted by atomic mass is 10.1. The number of hydrogen-bond donors (Lipinski definition) is 2. The van der Waals surface area contributed by atoms with Crippen molar-refractivity contribution < 1.29 is 18.0 Å². The van der Waals surface area contributed by atoms with E-state index >= 15 is 0 Å². The van der Waals surface area contributed by atoms with Crippen LogP contribution in [0.2, 0.25) is 5.02 Å². The van der Waals surface area contributed by atoms with E-state index in [1.807, 2.05) is 0 Å². The Balaban J connectivity index is 0.00000450. The minimum absolute atomic E-state index is 0. The van der Waals surface area contributed by atoms with Gasteiger partial charge < -0.3 is 15.5 Å². The highest BCUT2D eigenvalue weighted by atomic mass is 127. The average molecular weight is 555 g/mol. The fourth-order valence-corrected chi connectivity index (χ4v) is 2.85. The molecule has 2 rings (SSSR count). The van der Waals surface area contributed by atoms with Gasteiger partial charge in [-0.2, -0.15) is 13.2 Å². The first-order chi connectivity index (χ1) is 13.7. The standard InChI is InChI=1S/C20H22ClF3N4O.HI/c1-25-19(27-12-11-26-18(29)16-5-3-4-6-17(16)21)28(2)13-14-7-9-15(10-8-14)20(22,23)24;/h3-10H,11-13H2,1-2H3,(H,25,27)(H,26,29);1H. The second-order valence-corrected chi connectivity index (χ2v) is 6.67. The van der Waals surface area contributed by atoms with Crippen LogP contribution in [0, 0.1) is 0 Å². The lowest BCUT2D eigenvalue weighted by Crippen LogP contribution is -2.42. The molecule has 0 fully saturated rings. The van der Waals surface area contributed by atoms with Crippen LogP contribution in [0.25, 0.3) is 0 Å². The Bertz CT molecular complexity index is 860. The smallest absolute Gasteiger partial charge is 0.354 e. The van der Waals surface area contributed by atoms with Crippen molar-refractivity contribution in [3.05, 3.63) is 70.2 Å². The van der Waals surface area contributed by atoms with Gasteiger partial charge in [0.2, 0.25) is 0 Å². The number of halogens is 5. The summed E-state index contributed by atoms with van der Waals surface area (Å²) in [5.74, 6) is 0.280. The first-order valence-corrected chi connectivity index (χ1v) is 9.21. The molecule has 0 heterocycles. The normalized spacial score (nSPS) is 11.5. The summed E-state index contributed by atoms with van der Waals surface area (Å²) in [7, 11) is 3.38. The molecule has 0 aliphatic rings. The highest BCUT2D eigenvalue weighted by molar-refractivity contribution is 14.0. The molecule has 2 N–H and O–H groups in total. The molecule has 5 nitrogen and oxygen atoms in total. The van der Waals surface area contributed by atoms with Gasteiger partial charge in [0.05, 0.1) is 16.1 Å². The molecule has 0 spiro atoms. The number of aliphatic imine (C=N–C) groups is 1. The molecule has 0 aliphatic carbocycles. The minimum atomic E-state index is -4.35. The van der Waals surface area contributed by atoms with Gasteiger partial charge in [-0.05, 0) is 29.8 Å². The Labute approximate surface area is 195 Å². The van der Waals surface area contributed by atoms with Crippen molar-refractivity contribution in [3.63, 3.8) is 0 Å². The van der Waals surface area contributed by atoms with Crippen LogP contribution in [0.1, 0.15) is 21.5 Å². The Morgan fingerprint density at radius 3 is 2.23 bits per heavy atom. The highest BCUT2D eigenvalue weighted by Gasteiger charge is 2.29. The predicted molar refractivity (Wildman–Crippen MR) is 123 cm³/mol. The summed E-state index contributed by atoms with van der Waals surface area (Å²) in [6.07, 6.45) is -4.35. The number of nitrogens with zero attached hydrogens (tertiary/aromatic N) is 2. The number of amides is 1. The van der Waals surface area contributed by atoms with Gasteiger partial charge in [-0.25, -0.2) is 0 Å². The molecule has 30 heavy (non-hydrogen) atoms. The van der Waals surface area contributed by atoms with Crippen molar-refractivity contribution in [2.45, 2.75) is 12.7 Å². The van der Waals surface area contributed by atoms with Crippen LogP contribution in [-0.4, -0.2) is 44.0 Å². The summed E-state index contributed by atoms with van der Waals surface area (Å²) in [4.78, 5) is 18.0. The van der Waals surface area contributed by atoms with Crippen LogP contribution in [0.3, 0.4) is 0 Å². The molecule has 0 radical (unpaired) electrons. The van der Waals surface area contributed by atoms with Crippen molar-refractivity contribution in [3.8, 4) is 0 Å². The fourth-order valence-electron chi connectivity index (χ4n) is 2.62. The maximum atomic E-state index is 12.6. The minimum Gasteiger partial charge on any atom is -0.354 e. The van der Waals surface area contributed by atoms with E-state index in [9.17, 15) is 18.0 Å². The van der Waals surface area contributed by atoms with Gasteiger partial charge in [0.15, 0.2) is 5.96 Å². The molecule has 0 aromatic heterocycles. The van der Waals surface area contributed by atoms with Gasteiger partial charge in [0.1, 0.15) is 0 Å². The molecule has 2 aromatic rings. The van der Waals surface area contributed by atoms with Gasteiger partial charge >= 0.3 is 6.18 Å². The topological polar surface area (TPSA) is 56.7 Å². The Morgan fingerprint density at radius 2 is 1.67 bits per heavy atom. The SMILES string of the molecule is CN=C(NCCNC(=O)c1ccccc1Cl)N(C)Cc1ccc(C(F)(F)F)cc1.I. The second-order valence-electron chi connectivity index (χ2n) is 6.26. The lowest BCUT2D eigenvalue weighted by molar-refractivity contribution is -0.137. The summed E-state index contributed by atoms with van der Waals surface area (Å²) >= 11 is 5.99. The van der Waals surface area contributed by atoms with Crippen LogP contribution in [-0.2, 0) is 12.7 Å². The van der Waals surface area contributed by atoms with Crippen molar-refractivity contribution in [2.75, 3.05) is 27.2 Å². The summed E-state index contributed by atoms with van der Waals surface area (Å²) < 4.78 is 37.9. The molecular formula is C20H23ClF3IN4O. The monoisotopic (exact) mass is 554 g/mol. The summed E-state index contributed by atoms with van der Waals surface area (Å²) in [5.41, 5.74) is 0.439. The molecule has 10 heteroatoms. The first kappa shape index (κ1) is 26.0. The molecule has 0 saturated carbocycles. The Kier molecular flexibility index (Phi) is 10.4. The van der Waals surface area contributed by atoms with Gasteiger partial charge in [-0.1, -0.05) is 35.9 Å². The molecule has 0 bridgehead atoms. The predicted octanol–water partition coefficient (Wildman–Crippen LogP) is 4.41. The highest BCUT2D eigenvalue weighted by Crippen LogP contribution is 2.29. The van der Waals surface area contributed by atoms with E-state index in [2.05, 4.69) is 15.6 Å². The van der Waals surface area contributed by atoms with Crippen molar-refractivity contribution in [1.29, 1.82) is 0 Å². The third-order valence-electron chi connectivity index (χ3n) is 4.09. The van der Waals surface area contributed by atoms with E-state index in [4.69, 9.17) is 11.6 Å². The largest absolute Gasteiger partial charge is 0.416 e. The van der Waals surface area contributed by atoms with Crippen LogP contribution in [0.4, 0.5) is 13.2 Å². The Hall–Kier alpha value is -2.01. The van der Waals surface area contributed by atoms with Gasteiger partial charge in [0, 0.05) is 33.7 Å². The third kappa shape index (κ3) is 7.67. The zero-order valence-corrected chi connectivity index (χ0v) is 19.5. The van der Waals surface area contributed by atoms with E-state index in [0.29, 0.717) is 36.2 Å². The molecule has 0 atom stereocenters. The summed E-state index contributed by atoms with van der Waals surface area (Å²) in [6, 6.07) is 11.8. The number of alkyl halides is 3. The number of benzene rings is 2. The van der Waals surface area contributed by atoms with E-state index in [1.165, 1.54) is 12.1 Å². The number of hydrogen-bond acceptors (Lipinski definition) is 2. The maximum Gasteiger partial charge on any atom is 0.416 e. The van der Waals surface area contributed by atoms with E-state index in [-0.39, 0.29) is 29.9 Å². The maximum absolute atomic E-state index is 12.6. The third-order valence-corrected chi connectivity index (χ3v) is 4.42. The number of rotatable bonds is 6. The quantitative estimate of drug-likeness (QED) is 0.241. The van der Waals surface area contributed by atoms with Crippen molar-refractivity contribution in [2.24, 2.45) is 4.99 Å². The zero-order valence-electron chi connectivity index (χ0n) is 16.5. The number of guanidine groups is 1. The van der Waals surface area contributed by atoms with E-state index in [0.717, 1.165) is 17.7 Å². The van der Waals surface area contributed by atoms with Crippen LogP contribution in [0.5, 0.6) is 0 Å². The molecule has 0 saturated heterocycles. The second kappa shape index (κ2) is 12.0. The first-order valence-electron chi connectivity index (χ1n) is 8.83. The zero-order chi connectivity index (χ0) is 21.4.